The number of allylic oxidation sites excluding steroid dienone is 1. The lowest BCUT2D eigenvalue weighted by molar-refractivity contribution is -0.422. The van der Waals surface area contributed by atoms with Crippen molar-refractivity contribution in [2.24, 2.45) is 0 Å². The van der Waals surface area contributed by atoms with Gasteiger partial charge in [0.15, 0.2) is 0 Å². The van der Waals surface area contributed by atoms with Gasteiger partial charge in [-0.25, -0.2) is 0 Å². The highest BCUT2D eigenvalue weighted by molar-refractivity contribution is 5.89. The normalized spacial score (nSPS) is 11.8. The van der Waals surface area contributed by atoms with Crippen molar-refractivity contribution in [2.75, 3.05) is 7.11 Å². The third-order valence-electron chi connectivity index (χ3n) is 2.57. The van der Waals surface area contributed by atoms with E-state index in [9.17, 15) is 10.1 Å². The Bertz CT molecular complexity index is 599. The number of nitrogens with one attached hydrogen (secondary N) is 1. The molecule has 17 heavy (non-hydrogen) atoms. The molecule has 2 aromatic rings. The number of nitrogens with zero attached hydrogens (tertiary/aromatic N) is 1. The number of hydrogen-bond acceptors (Lipinski definition) is 3. The summed E-state index contributed by atoms with van der Waals surface area (Å²) in [6.07, 6.45) is 3.29. The minimum Gasteiger partial charge on any atom is -0.497 e. The van der Waals surface area contributed by atoms with Gasteiger partial charge in [0.1, 0.15) is 5.75 Å². The zero-order chi connectivity index (χ0) is 12.4. The topological polar surface area (TPSA) is 68.2 Å². The maximum Gasteiger partial charge on any atom is 0.243 e. The Labute approximate surface area is 97.9 Å². The average Bonchev–Trinajstić information content (AvgIpc) is 2.71. The molecule has 1 aromatic heterocycles. The summed E-state index contributed by atoms with van der Waals surface area (Å²) in [7, 11) is 1.60. The fourth-order valence-corrected chi connectivity index (χ4v) is 1.65. The van der Waals surface area contributed by atoms with Gasteiger partial charge in [-0.2, -0.15) is 0 Å². The second-order valence-corrected chi connectivity index (χ2v) is 3.70. The summed E-state index contributed by atoms with van der Waals surface area (Å²) < 4.78 is 5.11. The van der Waals surface area contributed by atoms with Gasteiger partial charge < -0.3 is 9.72 Å². The molecule has 0 spiro atoms. The summed E-state index contributed by atoms with van der Waals surface area (Å²) in [4.78, 5) is 13.2. The van der Waals surface area contributed by atoms with E-state index in [1.807, 2.05) is 18.2 Å². The average molecular weight is 232 g/mol. The largest absolute Gasteiger partial charge is 0.497 e. The molecule has 0 aliphatic heterocycles. The number of fused-ring (bicyclic) bond motifs is 1. The van der Waals surface area contributed by atoms with Gasteiger partial charge in [0.05, 0.1) is 12.0 Å². The molecule has 1 heterocycles. The van der Waals surface area contributed by atoms with Crippen molar-refractivity contribution in [2.45, 2.75) is 6.92 Å². The molecule has 0 aliphatic carbocycles. The van der Waals surface area contributed by atoms with Crippen LogP contribution in [0.2, 0.25) is 0 Å². The van der Waals surface area contributed by atoms with Crippen LogP contribution in [0.25, 0.3) is 17.0 Å². The molecule has 0 amide bonds. The number of ether oxygens (including phenoxy) is 1. The zero-order valence-corrected chi connectivity index (χ0v) is 9.56. The molecule has 1 aromatic carbocycles. The first-order chi connectivity index (χ1) is 8.11. The standard InChI is InChI=1S/C12H12N2O3/c1-8(14(15)16)5-9-7-13-12-6-10(17-2)3-4-11(9)12/h3-7,13H,1-2H3/b8-5-. The van der Waals surface area contributed by atoms with Gasteiger partial charge in [0.25, 0.3) is 0 Å². The third-order valence-corrected chi connectivity index (χ3v) is 2.57. The van der Waals surface area contributed by atoms with Crippen LogP contribution < -0.4 is 4.74 Å². The first-order valence-electron chi connectivity index (χ1n) is 5.09. The summed E-state index contributed by atoms with van der Waals surface area (Å²) in [5.41, 5.74) is 1.81. The van der Waals surface area contributed by atoms with Crippen LogP contribution in [-0.2, 0) is 0 Å². The van der Waals surface area contributed by atoms with Crippen molar-refractivity contribution in [1.29, 1.82) is 0 Å². The van der Waals surface area contributed by atoms with Crippen LogP contribution in [0.4, 0.5) is 0 Å². The van der Waals surface area contributed by atoms with Crippen LogP contribution >= 0.6 is 0 Å². The first kappa shape index (κ1) is 11.2. The maximum absolute atomic E-state index is 10.6. The number of H-pyrrole nitrogens is 1. The van der Waals surface area contributed by atoms with Crippen LogP contribution in [0.5, 0.6) is 5.75 Å². The zero-order valence-electron chi connectivity index (χ0n) is 9.56. The van der Waals surface area contributed by atoms with E-state index in [4.69, 9.17) is 4.74 Å². The van der Waals surface area contributed by atoms with Crippen molar-refractivity contribution < 1.29 is 9.66 Å². The monoisotopic (exact) mass is 232 g/mol. The van der Waals surface area contributed by atoms with Crippen LogP contribution in [0.15, 0.2) is 30.1 Å². The van der Waals surface area contributed by atoms with Gasteiger partial charge in [-0.3, -0.25) is 10.1 Å². The molecule has 0 atom stereocenters. The molecule has 0 bridgehead atoms. The second-order valence-electron chi connectivity index (χ2n) is 3.70. The quantitative estimate of drug-likeness (QED) is 0.653. The third kappa shape index (κ3) is 2.13. The lowest BCUT2D eigenvalue weighted by Gasteiger charge is -1.98. The number of benzene rings is 1. The number of hydrogen-bond donors (Lipinski definition) is 1. The Hall–Kier alpha value is -2.30. The summed E-state index contributed by atoms with van der Waals surface area (Å²) in [5.74, 6) is 0.751. The van der Waals surface area contributed by atoms with Crippen molar-refractivity contribution >= 4 is 17.0 Å². The molecule has 0 saturated carbocycles. The SMILES string of the molecule is COc1ccc2c(/C=C(/C)[N+](=O)[O-])c[nH]c2c1. The highest BCUT2D eigenvalue weighted by Gasteiger charge is 2.07. The van der Waals surface area contributed by atoms with Gasteiger partial charge in [-0.05, 0) is 12.1 Å². The van der Waals surface area contributed by atoms with Crippen LogP contribution in [-0.4, -0.2) is 17.0 Å². The fraction of sp³-hybridized carbons (Fsp3) is 0.167. The predicted octanol–water partition coefficient (Wildman–Crippen LogP) is 2.81. The summed E-state index contributed by atoms with van der Waals surface area (Å²) in [5, 5.41) is 11.5. The lowest BCUT2D eigenvalue weighted by Crippen LogP contribution is -1.92. The minimum absolute atomic E-state index is 0.113. The highest BCUT2D eigenvalue weighted by atomic mass is 16.6. The summed E-state index contributed by atoms with van der Waals surface area (Å²) >= 11 is 0. The molecule has 5 heteroatoms. The van der Waals surface area contributed by atoms with Crippen molar-refractivity contribution in [3.63, 3.8) is 0 Å². The molecule has 5 nitrogen and oxygen atoms in total. The van der Waals surface area contributed by atoms with E-state index in [2.05, 4.69) is 4.98 Å². The Morgan fingerprint density at radius 2 is 2.29 bits per heavy atom. The lowest BCUT2D eigenvalue weighted by atomic mass is 10.1. The van der Waals surface area contributed by atoms with E-state index in [0.717, 1.165) is 22.2 Å². The molecule has 2 rings (SSSR count). The number of nitro groups is 1. The van der Waals surface area contributed by atoms with Gasteiger partial charge >= 0.3 is 0 Å². The summed E-state index contributed by atoms with van der Waals surface area (Å²) in [6.45, 7) is 1.47. The minimum atomic E-state index is -0.400. The van der Waals surface area contributed by atoms with Crippen LogP contribution in [0.3, 0.4) is 0 Å². The molecule has 0 aliphatic rings. The Morgan fingerprint density at radius 3 is 2.94 bits per heavy atom. The predicted molar refractivity (Wildman–Crippen MR) is 65.5 cm³/mol. The van der Waals surface area contributed by atoms with E-state index in [1.54, 1.807) is 19.4 Å². The van der Waals surface area contributed by atoms with Gasteiger partial charge in [0.2, 0.25) is 5.70 Å². The molecule has 0 saturated heterocycles. The number of aromatic amines is 1. The Morgan fingerprint density at radius 1 is 1.53 bits per heavy atom. The Kier molecular flexibility index (Phi) is 2.82. The fourth-order valence-electron chi connectivity index (χ4n) is 1.65. The molecule has 0 radical (unpaired) electrons. The summed E-state index contributed by atoms with van der Waals surface area (Å²) in [6, 6.07) is 5.56. The van der Waals surface area contributed by atoms with E-state index in [-0.39, 0.29) is 5.70 Å². The maximum atomic E-state index is 10.6. The molecule has 0 unspecified atom stereocenters. The van der Waals surface area contributed by atoms with Crippen LogP contribution in [0.1, 0.15) is 12.5 Å². The van der Waals surface area contributed by atoms with Crippen molar-refractivity contribution in [1.82, 2.24) is 4.98 Å². The van der Waals surface area contributed by atoms with E-state index < -0.39 is 4.92 Å². The van der Waals surface area contributed by atoms with Gasteiger partial charge in [-0.15, -0.1) is 0 Å². The van der Waals surface area contributed by atoms with E-state index in [0.29, 0.717) is 0 Å². The number of rotatable bonds is 3. The molecule has 0 fully saturated rings. The molecular formula is C12H12N2O3. The number of methoxy groups -OCH3 is 1. The molecular weight excluding hydrogens is 220 g/mol. The highest BCUT2D eigenvalue weighted by Crippen LogP contribution is 2.24. The second kappa shape index (κ2) is 4.29. The van der Waals surface area contributed by atoms with Gasteiger partial charge in [-0.1, -0.05) is 0 Å². The van der Waals surface area contributed by atoms with Crippen LogP contribution in [0, 0.1) is 10.1 Å². The van der Waals surface area contributed by atoms with E-state index in [1.165, 1.54) is 6.92 Å². The van der Waals surface area contributed by atoms with E-state index >= 15 is 0 Å². The first-order valence-corrected chi connectivity index (χ1v) is 5.09. The molecule has 88 valence electrons. The number of aromatic nitrogens is 1. The van der Waals surface area contributed by atoms with Crippen molar-refractivity contribution in [3.8, 4) is 5.75 Å². The smallest absolute Gasteiger partial charge is 0.243 e. The Balaban J connectivity index is 2.50. The van der Waals surface area contributed by atoms with Crippen molar-refractivity contribution in [3.05, 3.63) is 45.8 Å². The molecule has 1 N–H and O–H groups in total. The van der Waals surface area contributed by atoms with Gasteiger partial charge in [0, 0.05) is 41.7 Å².